The van der Waals surface area contributed by atoms with E-state index < -0.39 is 6.10 Å². The van der Waals surface area contributed by atoms with Gasteiger partial charge in [-0.15, -0.1) is 0 Å². The number of rotatable bonds is 2. The van der Waals surface area contributed by atoms with Crippen LogP contribution in [0.1, 0.15) is 27.2 Å². The van der Waals surface area contributed by atoms with Gasteiger partial charge in [-0.25, -0.2) is 0 Å². The van der Waals surface area contributed by atoms with E-state index in [2.05, 4.69) is 20.8 Å². The van der Waals surface area contributed by atoms with E-state index in [1.54, 1.807) is 6.08 Å². The molecule has 2 fully saturated rings. The van der Waals surface area contributed by atoms with Gasteiger partial charge in [0, 0.05) is 17.3 Å². The van der Waals surface area contributed by atoms with E-state index in [1.165, 1.54) is 0 Å². The molecule has 1 heterocycles. The summed E-state index contributed by atoms with van der Waals surface area (Å²) >= 11 is 0. The molecule has 2 bridgehead atoms. The Morgan fingerprint density at radius 1 is 1.53 bits per heavy atom. The van der Waals surface area contributed by atoms with Gasteiger partial charge in [-0.2, -0.15) is 0 Å². The van der Waals surface area contributed by atoms with Crippen molar-refractivity contribution in [3.8, 4) is 0 Å². The summed E-state index contributed by atoms with van der Waals surface area (Å²) in [6, 6.07) is 0. The summed E-state index contributed by atoms with van der Waals surface area (Å²) in [7, 11) is 0. The quantitative estimate of drug-likeness (QED) is 0.580. The second-order valence-electron chi connectivity index (χ2n) is 6.81. The molecule has 4 nitrogen and oxygen atoms in total. The average molecular weight is 266 g/mol. The molecule has 3 aliphatic rings. The van der Waals surface area contributed by atoms with Crippen LogP contribution >= 0.6 is 0 Å². The van der Waals surface area contributed by atoms with Crippen LogP contribution in [-0.4, -0.2) is 35.0 Å². The number of fused-ring (bicyclic) bond motifs is 4. The Morgan fingerprint density at radius 3 is 2.79 bits per heavy atom. The highest BCUT2D eigenvalue weighted by Crippen LogP contribution is 2.60. The predicted octanol–water partition coefficient (Wildman–Crippen LogP) is 1.12. The van der Waals surface area contributed by atoms with Crippen molar-refractivity contribution in [1.29, 1.82) is 0 Å². The lowest BCUT2D eigenvalue weighted by Crippen LogP contribution is -2.49. The molecule has 0 spiro atoms. The molecule has 3 rings (SSSR count). The summed E-state index contributed by atoms with van der Waals surface area (Å²) in [6.07, 6.45) is 1.74. The Labute approximate surface area is 113 Å². The van der Waals surface area contributed by atoms with Crippen LogP contribution in [-0.2, 0) is 9.53 Å². The SMILES string of the molecule is CC(C)C1C2CC3(C)C(CO)=CC(O)C3C1C(=O)O2. The molecule has 4 heteroatoms. The van der Waals surface area contributed by atoms with Gasteiger partial charge in [0.1, 0.15) is 6.10 Å². The van der Waals surface area contributed by atoms with Crippen LogP contribution in [0.5, 0.6) is 0 Å². The summed E-state index contributed by atoms with van der Waals surface area (Å²) in [5.41, 5.74) is 0.557. The molecule has 0 aromatic rings. The Hall–Kier alpha value is -0.870. The minimum atomic E-state index is -0.648. The Balaban J connectivity index is 2.04. The van der Waals surface area contributed by atoms with Gasteiger partial charge in [-0.3, -0.25) is 4.79 Å². The van der Waals surface area contributed by atoms with Crippen LogP contribution < -0.4 is 0 Å². The van der Waals surface area contributed by atoms with E-state index in [4.69, 9.17) is 4.74 Å². The molecule has 0 radical (unpaired) electrons. The van der Waals surface area contributed by atoms with E-state index in [1.807, 2.05) is 0 Å². The lowest BCUT2D eigenvalue weighted by Gasteiger charge is -2.46. The topological polar surface area (TPSA) is 66.8 Å². The van der Waals surface area contributed by atoms with Gasteiger partial charge in [0.2, 0.25) is 0 Å². The van der Waals surface area contributed by atoms with Crippen molar-refractivity contribution in [3.05, 3.63) is 11.6 Å². The van der Waals surface area contributed by atoms with Gasteiger partial charge in [0.25, 0.3) is 0 Å². The highest BCUT2D eigenvalue weighted by atomic mass is 16.6. The Kier molecular flexibility index (Phi) is 2.81. The third-order valence-electron chi connectivity index (χ3n) is 5.55. The second kappa shape index (κ2) is 4.06. The van der Waals surface area contributed by atoms with Crippen molar-refractivity contribution in [2.45, 2.75) is 39.4 Å². The zero-order chi connectivity index (χ0) is 13.9. The highest BCUT2D eigenvalue weighted by Gasteiger charge is 2.64. The zero-order valence-corrected chi connectivity index (χ0v) is 11.7. The first-order valence-corrected chi connectivity index (χ1v) is 7.10. The molecule has 0 aromatic heterocycles. The maximum atomic E-state index is 12.2. The molecule has 0 aromatic carbocycles. The van der Waals surface area contributed by atoms with E-state index in [-0.39, 0.29) is 41.8 Å². The number of aliphatic hydroxyl groups is 2. The summed E-state index contributed by atoms with van der Waals surface area (Å²) < 4.78 is 5.54. The van der Waals surface area contributed by atoms with E-state index in [0.29, 0.717) is 12.3 Å². The van der Waals surface area contributed by atoms with Gasteiger partial charge < -0.3 is 14.9 Å². The van der Waals surface area contributed by atoms with Gasteiger partial charge in [-0.05, 0) is 17.9 Å². The van der Waals surface area contributed by atoms with Gasteiger partial charge in [0.05, 0.1) is 18.6 Å². The predicted molar refractivity (Wildman–Crippen MR) is 69.1 cm³/mol. The maximum Gasteiger partial charge on any atom is 0.310 e. The van der Waals surface area contributed by atoms with Crippen LogP contribution in [0.4, 0.5) is 0 Å². The molecule has 19 heavy (non-hydrogen) atoms. The van der Waals surface area contributed by atoms with Crippen LogP contribution in [0.25, 0.3) is 0 Å². The van der Waals surface area contributed by atoms with Crippen molar-refractivity contribution in [2.75, 3.05) is 6.61 Å². The first-order chi connectivity index (χ1) is 8.90. The molecule has 6 unspecified atom stereocenters. The molecule has 2 N–H and O–H groups in total. The van der Waals surface area contributed by atoms with Gasteiger partial charge in [-0.1, -0.05) is 26.8 Å². The van der Waals surface area contributed by atoms with Gasteiger partial charge in [0.15, 0.2) is 0 Å². The Morgan fingerprint density at radius 2 is 2.21 bits per heavy atom. The fourth-order valence-electron chi connectivity index (χ4n) is 4.72. The van der Waals surface area contributed by atoms with Crippen molar-refractivity contribution >= 4 is 5.97 Å². The molecular weight excluding hydrogens is 244 g/mol. The fraction of sp³-hybridized carbons (Fsp3) is 0.800. The summed E-state index contributed by atoms with van der Waals surface area (Å²) in [5, 5.41) is 19.8. The third kappa shape index (κ3) is 1.56. The number of carbonyl (C=O) groups is 1. The molecule has 1 saturated carbocycles. The van der Waals surface area contributed by atoms with E-state index in [9.17, 15) is 15.0 Å². The number of hydrogen-bond donors (Lipinski definition) is 2. The van der Waals surface area contributed by atoms with Crippen LogP contribution in [0, 0.1) is 29.1 Å². The van der Waals surface area contributed by atoms with Crippen molar-refractivity contribution in [2.24, 2.45) is 29.1 Å². The minimum Gasteiger partial charge on any atom is -0.462 e. The minimum absolute atomic E-state index is 0.0516. The largest absolute Gasteiger partial charge is 0.462 e. The van der Waals surface area contributed by atoms with E-state index >= 15 is 0 Å². The molecule has 106 valence electrons. The maximum absolute atomic E-state index is 12.2. The molecule has 2 aliphatic carbocycles. The third-order valence-corrected chi connectivity index (χ3v) is 5.55. The number of aliphatic hydroxyl groups excluding tert-OH is 2. The molecule has 6 atom stereocenters. The lowest BCUT2D eigenvalue weighted by atomic mass is 9.56. The number of hydrogen-bond acceptors (Lipinski definition) is 4. The smallest absolute Gasteiger partial charge is 0.310 e. The monoisotopic (exact) mass is 266 g/mol. The van der Waals surface area contributed by atoms with Gasteiger partial charge >= 0.3 is 5.97 Å². The number of carbonyl (C=O) groups excluding carboxylic acids is 1. The van der Waals surface area contributed by atoms with Crippen molar-refractivity contribution in [1.82, 2.24) is 0 Å². The zero-order valence-electron chi connectivity index (χ0n) is 11.7. The van der Waals surface area contributed by atoms with Crippen LogP contribution in [0.15, 0.2) is 11.6 Å². The normalized spacial score (nSPS) is 48.2. The Bertz CT molecular complexity index is 441. The lowest BCUT2D eigenvalue weighted by molar-refractivity contribution is -0.144. The highest BCUT2D eigenvalue weighted by molar-refractivity contribution is 5.77. The average Bonchev–Trinajstić information content (AvgIpc) is 2.71. The van der Waals surface area contributed by atoms with Crippen molar-refractivity contribution in [3.63, 3.8) is 0 Å². The molecule has 0 amide bonds. The summed E-state index contributed by atoms with van der Waals surface area (Å²) in [5.74, 6) is -0.000501. The number of ether oxygens (including phenoxy) is 1. The van der Waals surface area contributed by atoms with Crippen LogP contribution in [0.2, 0.25) is 0 Å². The van der Waals surface area contributed by atoms with Crippen LogP contribution in [0.3, 0.4) is 0 Å². The van der Waals surface area contributed by atoms with Crippen molar-refractivity contribution < 1.29 is 19.7 Å². The number of esters is 1. The van der Waals surface area contributed by atoms with E-state index in [0.717, 1.165) is 5.57 Å². The molecule has 1 aliphatic heterocycles. The standard InChI is InChI=1S/C15H22O4/c1-7(2)11-10-5-15(3)8(6-16)4-9(17)13(15)12(11)14(18)19-10/h4,7,9-13,16-17H,5-6H2,1-3H3. The fourth-order valence-corrected chi connectivity index (χ4v) is 4.72. The first kappa shape index (κ1) is 13.1. The molecule has 1 saturated heterocycles. The molecular formula is C15H22O4. The second-order valence-corrected chi connectivity index (χ2v) is 6.81. The summed E-state index contributed by atoms with van der Waals surface area (Å²) in [6.45, 7) is 6.21. The summed E-state index contributed by atoms with van der Waals surface area (Å²) in [4.78, 5) is 12.2. The first-order valence-electron chi connectivity index (χ1n) is 7.10.